The molecule has 4 aromatic rings. The number of Topliss-reactive ketones (excluding diaryl/α,β-unsaturated/α-hetero) is 1. The molecule has 3 heterocycles. The number of nitrogens with zero attached hydrogens (tertiary/aromatic N) is 4. The van der Waals surface area contributed by atoms with Crippen LogP contribution in [0.4, 0.5) is 0 Å². The fourth-order valence-electron chi connectivity index (χ4n) is 3.90. The second-order valence-electron chi connectivity index (χ2n) is 6.96. The van der Waals surface area contributed by atoms with E-state index in [0.29, 0.717) is 24.2 Å². The Kier molecular flexibility index (Phi) is 3.75. The molecule has 1 aliphatic carbocycles. The Morgan fingerprint density at radius 3 is 2.68 bits per heavy atom. The highest BCUT2D eigenvalue weighted by atomic mass is 16.5. The summed E-state index contributed by atoms with van der Waals surface area (Å²) in [4.78, 5) is 12.7. The molecule has 5 rings (SSSR count). The zero-order valence-corrected chi connectivity index (χ0v) is 15.5. The summed E-state index contributed by atoms with van der Waals surface area (Å²) in [5.41, 5.74) is 4.55. The van der Waals surface area contributed by atoms with Crippen molar-refractivity contribution in [1.29, 1.82) is 0 Å². The quantitative estimate of drug-likeness (QED) is 0.545. The molecule has 0 radical (unpaired) electrons. The van der Waals surface area contributed by atoms with Gasteiger partial charge in [0.25, 0.3) is 0 Å². The van der Waals surface area contributed by atoms with E-state index in [9.17, 15) is 4.79 Å². The summed E-state index contributed by atoms with van der Waals surface area (Å²) in [6.45, 7) is 1.94. The van der Waals surface area contributed by atoms with Crippen LogP contribution in [0.2, 0.25) is 0 Å². The maximum absolute atomic E-state index is 12.7. The molecule has 0 fully saturated rings. The number of aromatic nitrogens is 4. The van der Waals surface area contributed by atoms with E-state index >= 15 is 0 Å². The smallest absolute Gasteiger partial charge is 0.185 e. The molecule has 140 valence electrons. The molecular formula is C21H18N4O3. The number of hydrogen-bond donors (Lipinski definition) is 0. The first-order valence-corrected chi connectivity index (χ1v) is 9.11. The fourth-order valence-corrected chi connectivity index (χ4v) is 3.90. The molecule has 0 aliphatic heterocycles. The lowest BCUT2D eigenvalue weighted by Crippen LogP contribution is -2.24. The summed E-state index contributed by atoms with van der Waals surface area (Å²) in [5, 5.41) is 13.3. The summed E-state index contributed by atoms with van der Waals surface area (Å²) in [5.74, 6) is 1.55. The third-order valence-electron chi connectivity index (χ3n) is 5.27. The van der Waals surface area contributed by atoms with Crippen LogP contribution in [0.5, 0.6) is 5.75 Å². The van der Waals surface area contributed by atoms with Gasteiger partial charge in [-0.1, -0.05) is 12.1 Å². The predicted octanol–water partition coefficient (Wildman–Crippen LogP) is 3.61. The molecule has 1 atom stereocenters. The fraction of sp³-hybridized carbons (Fsp3) is 0.238. The van der Waals surface area contributed by atoms with Gasteiger partial charge < -0.3 is 9.15 Å². The number of aryl methyl sites for hydroxylation is 1. The minimum atomic E-state index is -0.0313. The van der Waals surface area contributed by atoms with Gasteiger partial charge in [-0.05, 0) is 36.8 Å². The Labute approximate surface area is 161 Å². The van der Waals surface area contributed by atoms with Gasteiger partial charge in [0.2, 0.25) is 0 Å². The average Bonchev–Trinajstić information content (AvgIpc) is 3.35. The summed E-state index contributed by atoms with van der Waals surface area (Å²) in [6, 6.07) is 11.5. The molecule has 0 saturated heterocycles. The number of fused-ring (bicyclic) bond motifs is 3. The Morgan fingerprint density at radius 2 is 1.96 bits per heavy atom. The monoisotopic (exact) mass is 374 g/mol. The standard InChI is InChI=1S/C21H18N4O3/c1-12-19(13-5-7-15(27-2)8-6-13)21-23-22-20-16(25(21)24-12)10-14(11-17(20)26)18-4-3-9-28-18/h3-9,14H,10-11H2,1-2H3/t14-/m1/s1. The normalized spacial score (nSPS) is 16.4. The lowest BCUT2D eigenvalue weighted by atomic mass is 9.87. The van der Waals surface area contributed by atoms with Gasteiger partial charge in [0.15, 0.2) is 17.1 Å². The molecule has 0 spiro atoms. The van der Waals surface area contributed by atoms with Gasteiger partial charge in [0.1, 0.15) is 11.5 Å². The summed E-state index contributed by atoms with van der Waals surface area (Å²) < 4.78 is 12.5. The molecular weight excluding hydrogens is 356 g/mol. The van der Waals surface area contributed by atoms with Crippen LogP contribution >= 0.6 is 0 Å². The lowest BCUT2D eigenvalue weighted by Gasteiger charge is -2.21. The van der Waals surface area contributed by atoms with Crippen molar-refractivity contribution in [2.45, 2.75) is 25.7 Å². The molecule has 0 amide bonds. The second kappa shape index (κ2) is 6.30. The zero-order chi connectivity index (χ0) is 19.3. The topological polar surface area (TPSA) is 82.5 Å². The van der Waals surface area contributed by atoms with E-state index in [4.69, 9.17) is 14.3 Å². The Balaban J connectivity index is 1.66. The molecule has 0 N–H and O–H groups in total. The minimum Gasteiger partial charge on any atom is -0.497 e. The number of hydrogen-bond acceptors (Lipinski definition) is 6. The van der Waals surface area contributed by atoms with Gasteiger partial charge >= 0.3 is 0 Å². The van der Waals surface area contributed by atoms with Crippen molar-refractivity contribution in [1.82, 2.24) is 19.8 Å². The van der Waals surface area contributed by atoms with Crippen LogP contribution in [0.15, 0.2) is 47.1 Å². The molecule has 0 bridgehead atoms. The number of rotatable bonds is 3. The largest absolute Gasteiger partial charge is 0.497 e. The Morgan fingerprint density at radius 1 is 1.14 bits per heavy atom. The zero-order valence-electron chi connectivity index (χ0n) is 15.5. The third kappa shape index (κ3) is 2.51. The first-order valence-electron chi connectivity index (χ1n) is 9.11. The third-order valence-corrected chi connectivity index (χ3v) is 5.27. The Bertz CT molecular complexity index is 1180. The molecule has 0 unspecified atom stereocenters. The van der Waals surface area contributed by atoms with Crippen LogP contribution in [-0.4, -0.2) is 32.7 Å². The second-order valence-corrected chi connectivity index (χ2v) is 6.96. The van der Waals surface area contributed by atoms with E-state index in [1.54, 1.807) is 17.9 Å². The molecule has 1 aliphatic rings. The average molecular weight is 374 g/mol. The van der Waals surface area contributed by atoms with Crippen LogP contribution in [0.1, 0.15) is 40.0 Å². The molecule has 3 aromatic heterocycles. The van der Waals surface area contributed by atoms with E-state index < -0.39 is 0 Å². The predicted molar refractivity (Wildman–Crippen MR) is 102 cm³/mol. The number of methoxy groups -OCH3 is 1. The van der Waals surface area contributed by atoms with Crippen LogP contribution in [-0.2, 0) is 6.42 Å². The lowest BCUT2D eigenvalue weighted by molar-refractivity contribution is 0.0951. The molecule has 1 aromatic carbocycles. The number of carbonyl (C=O) groups is 1. The maximum Gasteiger partial charge on any atom is 0.185 e. The summed E-state index contributed by atoms with van der Waals surface area (Å²) in [7, 11) is 1.64. The number of furan rings is 1. The van der Waals surface area contributed by atoms with Crippen molar-refractivity contribution in [2.24, 2.45) is 0 Å². The van der Waals surface area contributed by atoms with Crippen molar-refractivity contribution in [3.8, 4) is 16.9 Å². The van der Waals surface area contributed by atoms with Gasteiger partial charge in [0, 0.05) is 18.8 Å². The van der Waals surface area contributed by atoms with Gasteiger partial charge in [-0.2, -0.15) is 5.10 Å². The molecule has 0 saturated carbocycles. The van der Waals surface area contributed by atoms with E-state index in [0.717, 1.165) is 34.0 Å². The van der Waals surface area contributed by atoms with E-state index in [2.05, 4.69) is 10.2 Å². The highest BCUT2D eigenvalue weighted by Crippen LogP contribution is 2.34. The van der Waals surface area contributed by atoms with E-state index in [-0.39, 0.29) is 11.7 Å². The highest BCUT2D eigenvalue weighted by molar-refractivity contribution is 5.97. The first kappa shape index (κ1) is 16.7. The van der Waals surface area contributed by atoms with Gasteiger partial charge in [-0.25, -0.2) is 4.52 Å². The first-order chi connectivity index (χ1) is 13.7. The van der Waals surface area contributed by atoms with E-state index in [1.165, 1.54) is 0 Å². The van der Waals surface area contributed by atoms with Crippen LogP contribution in [0.3, 0.4) is 0 Å². The van der Waals surface area contributed by atoms with Gasteiger partial charge in [-0.15, -0.1) is 10.2 Å². The van der Waals surface area contributed by atoms with Crippen molar-refractivity contribution in [3.05, 3.63) is 65.5 Å². The molecule has 7 nitrogen and oxygen atoms in total. The van der Waals surface area contributed by atoms with Gasteiger partial charge in [0.05, 0.1) is 30.3 Å². The van der Waals surface area contributed by atoms with Crippen molar-refractivity contribution < 1.29 is 13.9 Å². The number of carbonyl (C=O) groups excluding carboxylic acids is 1. The van der Waals surface area contributed by atoms with Crippen LogP contribution in [0.25, 0.3) is 16.8 Å². The summed E-state index contributed by atoms with van der Waals surface area (Å²) >= 11 is 0. The van der Waals surface area contributed by atoms with E-state index in [1.807, 2.05) is 43.3 Å². The molecule has 28 heavy (non-hydrogen) atoms. The maximum atomic E-state index is 12.7. The molecule has 7 heteroatoms. The van der Waals surface area contributed by atoms with Crippen molar-refractivity contribution in [2.75, 3.05) is 7.11 Å². The highest BCUT2D eigenvalue weighted by Gasteiger charge is 2.32. The van der Waals surface area contributed by atoms with Crippen molar-refractivity contribution >= 4 is 11.4 Å². The van der Waals surface area contributed by atoms with Gasteiger partial charge in [-0.3, -0.25) is 4.79 Å². The van der Waals surface area contributed by atoms with Crippen molar-refractivity contribution in [3.63, 3.8) is 0 Å². The number of ether oxygens (including phenoxy) is 1. The number of benzene rings is 1. The summed E-state index contributed by atoms with van der Waals surface area (Å²) in [6.07, 6.45) is 2.63. The van der Waals surface area contributed by atoms with Crippen LogP contribution < -0.4 is 4.74 Å². The minimum absolute atomic E-state index is 0.0173. The Hall–Kier alpha value is -3.48. The van der Waals surface area contributed by atoms with Crippen LogP contribution in [0, 0.1) is 6.92 Å². The SMILES string of the molecule is COc1ccc(-c2c(C)nn3c4c(nnc23)C(=O)C[C@H](c2ccco2)C4)cc1. The number of ketones is 1.